The van der Waals surface area contributed by atoms with Crippen LogP contribution < -0.4 is 5.32 Å². The molecule has 1 fully saturated rings. The van der Waals surface area contributed by atoms with Gasteiger partial charge in [-0.3, -0.25) is 19.3 Å². The number of ketones is 1. The summed E-state index contributed by atoms with van der Waals surface area (Å²) in [5.74, 6) is -0.566. The molecule has 1 aliphatic rings. The van der Waals surface area contributed by atoms with Crippen LogP contribution in [0.5, 0.6) is 5.75 Å². The molecule has 52 heavy (non-hydrogen) atoms. The average molecular weight is 741 g/mol. The molecule has 2 amide bonds. The number of piperidine rings is 1. The molecule has 2 heterocycles. The van der Waals surface area contributed by atoms with Gasteiger partial charge >= 0.3 is 0 Å². The van der Waals surface area contributed by atoms with E-state index in [-0.39, 0.29) is 78.3 Å². The zero-order valence-corrected chi connectivity index (χ0v) is 33.6. The molecule has 11 heteroatoms. The Morgan fingerprint density at radius 3 is 2.42 bits per heavy atom. The van der Waals surface area contributed by atoms with Crippen molar-refractivity contribution in [3.05, 3.63) is 45.9 Å². The van der Waals surface area contributed by atoms with Crippen molar-refractivity contribution in [2.24, 2.45) is 23.7 Å². The third kappa shape index (κ3) is 12.8. The number of carbonyl (C=O) groups is 4. The average Bonchev–Trinajstić information content (AvgIpc) is 3.63. The second kappa shape index (κ2) is 21.5. The topological polar surface area (TPSA) is 129 Å². The van der Waals surface area contributed by atoms with Crippen LogP contribution in [0.4, 0.5) is 0 Å². The highest BCUT2D eigenvalue weighted by Crippen LogP contribution is 2.32. The number of aldehydes is 1. The molecule has 10 nitrogen and oxygen atoms in total. The van der Waals surface area contributed by atoms with Crippen LogP contribution in [0.1, 0.15) is 127 Å². The van der Waals surface area contributed by atoms with E-state index in [9.17, 15) is 24.3 Å². The minimum absolute atomic E-state index is 0.0217. The summed E-state index contributed by atoms with van der Waals surface area (Å²) in [7, 11) is 2.01. The van der Waals surface area contributed by atoms with Crippen LogP contribution >= 0.6 is 11.3 Å². The molecule has 7 atom stereocenters. The number of hydrogen-bond donors (Lipinski definition) is 2. The second-order valence-corrected chi connectivity index (χ2v) is 16.3. The Kier molecular flexibility index (Phi) is 17.9. The zero-order valence-electron chi connectivity index (χ0n) is 32.8. The predicted molar refractivity (Wildman–Crippen MR) is 207 cm³/mol. The summed E-state index contributed by atoms with van der Waals surface area (Å²) in [6, 6.07) is 6.25. The molecule has 290 valence electrons. The van der Waals surface area contributed by atoms with E-state index in [4.69, 9.17) is 9.72 Å². The highest BCUT2D eigenvalue weighted by atomic mass is 32.1. The Balaban J connectivity index is 1.80. The SMILES string of the molecule is CCCOCN(C(=O)[C@@H](CC(=O)[C@H]1CCCCN1C)C(C)CC)[C@H](C[C@@H](C)c1nc(C(=O)N[C@@H](Cc2ccc(O)cc2)C[C@H](C)C=O)cs1)C(C)C. The monoisotopic (exact) mass is 740 g/mol. The van der Waals surface area contributed by atoms with Crippen molar-refractivity contribution in [1.82, 2.24) is 20.1 Å². The molecule has 2 aromatic rings. The minimum atomic E-state index is -0.429. The number of Topliss-reactive ketones (excluding diaryl/α,β-unsaturated/α-hetero) is 1. The maximum atomic E-state index is 14.6. The van der Waals surface area contributed by atoms with Gasteiger partial charge in [0.25, 0.3) is 5.91 Å². The first-order valence-corrected chi connectivity index (χ1v) is 20.3. The van der Waals surface area contributed by atoms with Crippen LogP contribution in [0, 0.1) is 23.7 Å². The fraction of sp³-hybridized carbons (Fsp3) is 0.683. The Morgan fingerprint density at radius 1 is 1.10 bits per heavy atom. The van der Waals surface area contributed by atoms with Gasteiger partial charge in [-0.2, -0.15) is 0 Å². The van der Waals surface area contributed by atoms with E-state index in [1.807, 2.05) is 37.9 Å². The van der Waals surface area contributed by atoms with E-state index in [2.05, 4.69) is 44.8 Å². The van der Waals surface area contributed by atoms with Crippen LogP contribution in [0.2, 0.25) is 0 Å². The fourth-order valence-corrected chi connectivity index (χ4v) is 8.08. The summed E-state index contributed by atoms with van der Waals surface area (Å²) < 4.78 is 6.05. The number of carbonyl (C=O) groups excluding carboxylic acids is 4. The van der Waals surface area contributed by atoms with Crippen molar-refractivity contribution in [3.63, 3.8) is 0 Å². The van der Waals surface area contributed by atoms with E-state index in [1.54, 1.807) is 17.5 Å². The molecular formula is C41H64N4O6S. The largest absolute Gasteiger partial charge is 0.508 e. The van der Waals surface area contributed by atoms with Crippen LogP contribution in [-0.4, -0.2) is 88.8 Å². The van der Waals surface area contributed by atoms with Crippen LogP contribution in [0.15, 0.2) is 29.6 Å². The standard InChI is InChI=1S/C41H64N4O6S/c1-9-19-51-26-45(41(50)34(29(6)10-2)23-38(48)36-13-11-12-18-44(36)8)37(27(3)4)21-30(7)40-43-35(25-52-40)39(49)42-32(20-28(5)24-46)22-31-14-16-33(47)17-15-31/h14-17,24-25,27-30,32,34,36-37,47H,9-13,18-23,26H2,1-8H3,(H,42,49)/t28-,29?,30+,32+,34-,36+,37+/m0/s1. The number of phenols is 1. The van der Waals surface area contributed by atoms with Gasteiger partial charge in [0, 0.05) is 48.2 Å². The van der Waals surface area contributed by atoms with Crippen molar-refractivity contribution < 1.29 is 29.0 Å². The van der Waals surface area contributed by atoms with Gasteiger partial charge in [-0.15, -0.1) is 11.3 Å². The van der Waals surface area contributed by atoms with Gasteiger partial charge in [0.05, 0.1) is 11.0 Å². The number of amides is 2. The summed E-state index contributed by atoms with van der Waals surface area (Å²) >= 11 is 1.43. The molecule has 0 aliphatic carbocycles. The van der Waals surface area contributed by atoms with Gasteiger partial charge in [0.1, 0.15) is 24.5 Å². The lowest BCUT2D eigenvalue weighted by Crippen LogP contribution is -2.50. The lowest BCUT2D eigenvalue weighted by Gasteiger charge is -2.39. The molecule has 1 unspecified atom stereocenters. The summed E-state index contributed by atoms with van der Waals surface area (Å²) in [5, 5.41) is 15.4. The van der Waals surface area contributed by atoms with Crippen molar-refractivity contribution >= 4 is 35.2 Å². The summed E-state index contributed by atoms with van der Waals surface area (Å²) in [5.41, 5.74) is 1.27. The first-order valence-electron chi connectivity index (χ1n) is 19.4. The number of benzene rings is 1. The van der Waals surface area contributed by atoms with E-state index in [0.29, 0.717) is 31.6 Å². The Labute approximate surface area is 316 Å². The fourth-order valence-electron chi connectivity index (χ4n) is 7.21. The van der Waals surface area contributed by atoms with Gasteiger partial charge < -0.3 is 24.9 Å². The third-order valence-electron chi connectivity index (χ3n) is 10.7. The molecule has 1 aromatic heterocycles. The van der Waals surface area contributed by atoms with Crippen LogP contribution in [-0.2, 0) is 25.5 Å². The summed E-state index contributed by atoms with van der Waals surface area (Å²) in [6.45, 7) is 16.0. The molecule has 1 aromatic carbocycles. The molecule has 1 saturated heterocycles. The molecule has 0 saturated carbocycles. The van der Waals surface area contributed by atoms with Crippen molar-refractivity contribution in [2.45, 2.75) is 130 Å². The van der Waals surface area contributed by atoms with Crippen molar-refractivity contribution in [2.75, 3.05) is 26.9 Å². The van der Waals surface area contributed by atoms with Crippen LogP contribution in [0.3, 0.4) is 0 Å². The number of rotatable bonds is 22. The number of likely N-dealkylation sites (N-methyl/N-ethyl adjacent to an activating group) is 1. The quantitative estimate of drug-likeness (QED) is 0.0734. The summed E-state index contributed by atoms with van der Waals surface area (Å²) in [4.78, 5) is 62.1. The first-order chi connectivity index (χ1) is 24.8. The van der Waals surface area contributed by atoms with Gasteiger partial charge in [-0.05, 0) is 81.6 Å². The lowest BCUT2D eigenvalue weighted by atomic mass is 9.82. The number of nitrogens with one attached hydrogen (secondary N) is 1. The van der Waals surface area contributed by atoms with Gasteiger partial charge in [0.15, 0.2) is 5.78 Å². The van der Waals surface area contributed by atoms with Gasteiger partial charge in [-0.25, -0.2) is 4.98 Å². The molecule has 2 N–H and O–H groups in total. The maximum Gasteiger partial charge on any atom is 0.270 e. The van der Waals surface area contributed by atoms with Gasteiger partial charge in [0.2, 0.25) is 5.91 Å². The number of nitrogens with zero attached hydrogens (tertiary/aromatic N) is 3. The van der Waals surface area contributed by atoms with Crippen molar-refractivity contribution in [3.8, 4) is 5.75 Å². The van der Waals surface area contributed by atoms with Gasteiger partial charge in [-0.1, -0.05) is 73.4 Å². The zero-order chi connectivity index (χ0) is 38.4. The normalized spacial score (nSPS) is 18.6. The highest BCUT2D eigenvalue weighted by molar-refractivity contribution is 7.09. The number of phenolic OH excluding ortho intramolecular Hbond substituents is 1. The Morgan fingerprint density at radius 2 is 1.81 bits per heavy atom. The molecular weight excluding hydrogens is 677 g/mol. The highest BCUT2D eigenvalue weighted by Gasteiger charge is 2.38. The molecule has 1 aliphatic heterocycles. The third-order valence-corrected chi connectivity index (χ3v) is 11.7. The van der Waals surface area contributed by atoms with E-state index >= 15 is 0 Å². The first kappa shape index (κ1) is 43.3. The predicted octanol–water partition coefficient (Wildman–Crippen LogP) is 7.25. The number of hydrogen-bond acceptors (Lipinski definition) is 9. The van der Waals surface area contributed by atoms with E-state index in [0.717, 1.165) is 55.5 Å². The van der Waals surface area contributed by atoms with Crippen LogP contribution in [0.25, 0.3) is 0 Å². The molecule has 0 bridgehead atoms. The number of thiazole rings is 1. The second-order valence-electron chi connectivity index (χ2n) is 15.4. The van der Waals surface area contributed by atoms with E-state index in [1.165, 1.54) is 11.3 Å². The maximum absolute atomic E-state index is 14.6. The van der Waals surface area contributed by atoms with Crippen molar-refractivity contribution in [1.29, 1.82) is 0 Å². The molecule has 0 radical (unpaired) electrons. The number of ether oxygens (including phenoxy) is 1. The van der Waals surface area contributed by atoms with E-state index < -0.39 is 5.92 Å². The Bertz CT molecular complexity index is 1410. The Hall–Kier alpha value is -3.15. The number of aromatic hydroxyl groups is 1. The number of aromatic nitrogens is 1. The molecule has 3 rings (SSSR count). The minimum Gasteiger partial charge on any atom is -0.508 e. The number of likely N-dealkylation sites (tertiary alicyclic amines) is 1. The summed E-state index contributed by atoms with van der Waals surface area (Å²) in [6.07, 6.45) is 7.34. The molecule has 0 spiro atoms. The smallest absolute Gasteiger partial charge is 0.270 e. The lowest BCUT2D eigenvalue weighted by molar-refractivity contribution is -0.150.